The first kappa shape index (κ1) is 11.0. The van der Waals surface area contributed by atoms with Crippen LogP contribution in [0.2, 0.25) is 0 Å². The van der Waals surface area contributed by atoms with Gasteiger partial charge in [-0.3, -0.25) is 20.9 Å². The fraction of sp³-hybridized carbons (Fsp3) is 0.111. The van der Waals surface area contributed by atoms with E-state index < -0.39 is 5.91 Å². The van der Waals surface area contributed by atoms with Crippen molar-refractivity contribution in [2.75, 3.05) is 10.7 Å². The van der Waals surface area contributed by atoms with Crippen molar-refractivity contribution in [1.82, 2.24) is 15.2 Å². The van der Waals surface area contributed by atoms with Gasteiger partial charge in [0.1, 0.15) is 5.69 Å². The summed E-state index contributed by atoms with van der Waals surface area (Å²) in [5, 5.41) is 9.64. The molecular formula is C9H10N6O2. The number of anilines is 2. The third-order valence-electron chi connectivity index (χ3n) is 1.91. The minimum absolute atomic E-state index is 0.0282. The summed E-state index contributed by atoms with van der Waals surface area (Å²) in [5.74, 6) is 5.14. The van der Waals surface area contributed by atoms with E-state index in [0.717, 1.165) is 0 Å². The Morgan fingerprint density at radius 2 is 2.29 bits per heavy atom. The molecule has 0 aromatic carbocycles. The van der Waals surface area contributed by atoms with Crippen molar-refractivity contribution in [2.45, 2.75) is 6.92 Å². The number of nitrogens with two attached hydrogens (primary N) is 1. The number of hydrogen-bond donors (Lipinski definition) is 3. The molecule has 1 amide bonds. The third-order valence-corrected chi connectivity index (χ3v) is 1.91. The molecule has 0 aliphatic carbocycles. The van der Waals surface area contributed by atoms with E-state index in [1.807, 2.05) is 0 Å². The topological polar surface area (TPSA) is 119 Å². The van der Waals surface area contributed by atoms with Crippen LogP contribution in [0.5, 0.6) is 0 Å². The van der Waals surface area contributed by atoms with Gasteiger partial charge in [-0.1, -0.05) is 5.10 Å². The number of amides is 1. The van der Waals surface area contributed by atoms with E-state index in [9.17, 15) is 4.79 Å². The van der Waals surface area contributed by atoms with Crippen LogP contribution < -0.4 is 16.6 Å². The van der Waals surface area contributed by atoms with Gasteiger partial charge in [-0.15, -0.1) is 5.10 Å². The molecule has 0 aliphatic rings. The molecule has 8 nitrogen and oxygen atoms in total. The van der Waals surface area contributed by atoms with Crippen LogP contribution in [-0.2, 0) is 0 Å². The Labute approximate surface area is 96.2 Å². The number of carbonyl (C=O) groups excluding carboxylic acids is 1. The van der Waals surface area contributed by atoms with Crippen molar-refractivity contribution in [2.24, 2.45) is 5.84 Å². The number of hydrogen-bond acceptors (Lipinski definition) is 7. The molecule has 0 fully saturated rings. The molecule has 0 saturated heterocycles. The van der Waals surface area contributed by atoms with Gasteiger partial charge in [0.05, 0.1) is 5.69 Å². The van der Waals surface area contributed by atoms with Crippen LogP contribution >= 0.6 is 0 Å². The molecule has 0 saturated carbocycles. The van der Waals surface area contributed by atoms with E-state index in [1.165, 1.54) is 12.3 Å². The van der Waals surface area contributed by atoms with Gasteiger partial charge in [-0.2, -0.15) is 0 Å². The van der Waals surface area contributed by atoms with Crippen LogP contribution in [0.4, 0.5) is 11.7 Å². The average molecular weight is 234 g/mol. The Kier molecular flexibility index (Phi) is 2.97. The predicted molar refractivity (Wildman–Crippen MR) is 59.0 cm³/mol. The van der Waals surface area contributed by atoms with Crippen LogP contribution in [0.15, 0.2) is 22.7 Å². The monoisotopic (exact) mass is 234 g/mol. The molecule has 4 N–H and O–H groups in total. The lowest BCUT2D eigenvalue weighted by atomic mass is 10.3. The lowest BCUT2D eigenvalue weighted by molar-refractivity contribution is 0.101. The lowest BCUT2D eigenvalue weighted by Gasteiger charge is -2.02. The van der Waals surface area contributed by atoms with Crippen molar-refractivity contribution in [3.63, 3.8) is 0 Å². The fourth-order valence-corrected chi connectivity index (χ4v) is 1.15. The maximum Gasteiger partial charge on any atom is 0.322 e. The van der Waals surface area contributed by atoms with E-state index in [2.05, 4.69) is 25.9 Å². The number of hydrazine groups is 1. The van der Waals surface area contributed by atoms with Gasteiger partial charge in [0, 0.05) is 13.1 Å². The van der Waals surface area contributed by atoms with E-state index in [1.54, 1.807) is 13.0 Å². The van der Waals surface area contributed by atoms with Crippen molar-refractivity contribution in [1.29, 1.82) is 0 Å². The Bertz CT molecular complexity index is 538. The largest absolute Gasteiger partial charge is 0.408 e. The summed E-state index contributed by atoms with van der Waals surface area (Å²) in [5.41, 5.74) is 3.19. The average Bonchev–Trinajstić information content (AvgIpc) is 2.75. The second kappa shape index (κ2) is 4.58. The number of aromatic nitrogens is 3. The molecule has 2 aromatic rings. The normalized spacial score (nSPS) is 10.0. The fourth-order valence-electron chi connectivity index (χ4n) is 1.15. The molecular weight excluding hydrogens is 224 g/mol. The summed E-state index contributed by atoms with van der Waals surface area (Å²) in [6, 6.07) is 3.16. The maximum atomic E-state index is 11.7. The zero-order chi connectivity index (χ0) is 12.3. The number of carbonyl (C=O) groups is 1. The second-order valence-electron chi connectivity index (χ2n) is 3.15. The summed E-state index contributed by atoms with van der Waals surface area (Å²) >= 11 is 0. The summed E-state index contributed by atoms with van der Waals surface area (Å²) in [4.78, 5) is 15.6. The summed E-state index contributed by atoms with van der Waals surface area (Å²) in [6.45, 7) is 1.62. The first-order valence-electron chi connectivity index (χ1n) is 4.73. The Balaban J connectivity index is 2.14. The molecule has 2 aromatic heterocycles. The second-order valence-corrected chi connectivity index (χ2v) is 3.15. The minimum Gasteiger partial charge on any atom is -0.408 e. The van der Waals surface area contributed by atoms with Gasteiger partial charge in [0.15, 0.2) is 0 Å². The van der Waals surface area contributed by atoms with E-state index in [4.69, 9.17) is 10.3 Å². The highest BCUT2D eigenvalue weighted by Crippen LogP contribution is 2.09. The maximum absolute atomic E-state index is 11.7. The number of pyridine rings is 1. The first-order chi connectivity index (χ1) is 8.19. The number of aryl methyl sites for hydroxylation is 1. The summed E-state index contributed by atoms with van der Waals surface area (Å²) in [7, 11) is 0. The molecule has 2 heterocycles. The van der Waals surface area contributed by atoms with Gasteiger partial charge >= 0.3 is 6.01 Å². The number of nitrogen functional groups attached to an aromatic ring is 1. The highest BCUT2D eigenvalue weighted by Gasteiger charge is 2.11. The van der Waals surface area contributed by atoms with Crippen molar-refractivity contribution in [3.05, 3.63) is 29.9 Å². The van der Waals surface area contributed by atoms with Crippen LogP contribution in [0.3, 0.4) is 0 Å². The van der Waals surface area contributed by atoms with Gasteiger partial charge in [0.2, 0.25) is 5.89 Å². The van der Waals surface area contributed by atoms with Crippen LogP contribution in [0, 0.1) is 6.92 Å². The number of nitrogens with one attached hydrogen (secondary N) is 2. The third kappa shape index (κ3) is 2.55. The van der Waals surface area contributed by atoms with Crippen molar-refractivity contribution >= 4 is 17.6 Å². The van der Waals surface area contributed by atoms with Crippen molar-refractivity contribution in [3.8, 4) is 0 Å². The summed E-state index contributed by atoms with van der Waals surface area (Å²) < 4.78 is 5.01. The Morgan fingerprint density at radius 3 is 2.94 bits per heavy atom. The molecule has 88 valence electrons. The summed E-state index contributed by atoms with van der Waals surface area (Å²) in [6.07, 6.45) is 1.46. The van der Waals surface area contributed by atoms with Crippen LogP contribution in [-0.4, -0.2) is 21.1 Å². The minimum atomic E-state index is -0.453. The highest BCUT2D eigenvalue weighted by molar-refractivity contribution is 6.02. The zero-order valence-electron chi connectivity index (χ0n) is 8.97. The smallest absolute Gasteiger partial charge is 0.322 e. The highest BCUT2D eigenvalue weighted by atomic mass is 16.4. The molecule has 0 radical (unpaired) electrons. The standard InChI is InChI=1S/C9H10N6O2/c1-5-14-15-9(17-5)12-8(16)7-4-6(13-10)2-3-11-7/h2-4H,10H2,1H3,(H,11,13)(H,12,15,16). The van der Waals surface area contributed by atoms with Gasteiger partial charge in [-0.05, 0) is 12.1 Å². The predicted octanol–water partition coefficient (Wildman–Crippen LogP) is 0.311. The quantitative estimate of drug-likeness (QED) is 0.516. The van der Waals surface area contributed by atoms with Crippen LogP contribution in [0.1, 0.15) is 16.4 Å². The molecule has 0 unspecified atom stereocenters. The molecule has 0 aliphatic heterocycles. The Morgan fingerprint density at radius 1 is 1.47 bits per heavy atom. The molecule has 17 heavy (non-hydrogen) atoms. The first-order valence-corrected chi connectivity index (χ1v) is 4.73. The van der Waals surface area contributed by atoms with Gasteiger partial charge in [0.25, 0.3) is 5.91 Å². The molecule has 8 heteroatoms. The van der Waals surface area contributed by atoms with E-state index in [0.29, 0.717) is 11.6 Å². The molecule has 2 rings (SSSR count). The van der Waals surface area contributed by atoms with Gasteiger partial charge in [-0.25, -0.2) is 0 Å². The van der Waals surface area contributed by atoms with Gasteiger partial charge < -0.3 is 9.84 Å². The number of rotatable bonds is 3. The van der Waals surface area contributed by atoms with Crippen molar-refractivity contribution < 1.29 is 9.21 Å². The lowest BCUT2D eigenvalue weighted by Crippen LogP contribution is -2.15. The molecule has 0 spiro atoms. The zero-order valence-corrected chi connectivity index (χ0v) is 8.97. The SMILES string of the molecule is Cc1nnc(NC(=O)c2cc(NN)ccn2)o1. The number of nitrogens with zero attached hydrogens (tertiary/aromatic N) is 3. The van der Waals surface area contributed by atoms with E-state index >= 15 is 0 Å². The van der Waals surface area contributed by atoms with Crippen LogP contribution in [0.25, 0.3) is 0 Å². The molecule has 0 atom stereocenters. The molecule has 0 bridgehead atoms. The Hall–Kier alpha value is -2.48. The van der Waals surface area contributed by atoms with E-state index in [-0.39, 0.29) is 11.7 Å².